The van der Waals surface area contributed by atoms with E-state index in [0.717, 1.165) is 16.8 Å². The second-order valence-electron chi connectivity index (χ2n) is 6.75. The van der Waals surface area contributed by atoms with Gasteiger partial charge in [-0.3, -0.25) is 4.79 Å². The summed E-state index contributed by atoms with van der Waals surface area (Å²) >= 11 is 0. The maximum Gasteiger partial charge on any atom is 0.409 e. The van der Waals surface area contributed by atoms with Crippen LogP contribution in [0, 0.1) is 6.92 Å². The van der Waals surface area contributed by atoms with Gasteiger partial charge in [0, 0.05) is 32.7 Å². The average Bonchev–Trinajstić information content (AvgIpc) is 2.72. The Hall–Kier alpha value is -3.09. The number of carbonyl (C=O) groups is 2. The summed E-state index contributed by atoms with van der Waals surface area (Å²) in [4.78, 5) is 32.3. The van der Waals surface area contributed by atoms with E-state index in [4.69, 9.17) is 4.74 Å². The van der Waals surface area contributed by atoms with E-state index in [1.54, 1.807) is 24.1 Å². The molecule has 0 spiro atoms. The molecule has 7 heteroatoms. The van der Waals surface area contributed by atoms with Crippen molar-refractivity contribution in [3.63, 3.8) is 0 Å². The van der Waals surface area contributed by atoms with Crippen LogP contribution in [0.4, 0.5) is 10.5 Å². The Kier molecular flexibility index (Phi) is 6.47. The molecule has 0 unspecified atom stereocenters. The normalized spacial score (nSPS) is 13.9. The lowest BCUT2D eigenvalue weighted by Crippen LogP contribution is -2.49. The van der Waals surface area contributed by atoms with Crippen LogP contribution in [-0.2, 0) is 11.3 Å². The molecular formula is C21H26N4O3. The highest BCUT2D eigenvalue weighted by Crippen LogP contribution is 2.16. The van der Waals surface area contributed by atoms with Gasteiger partial charge >= 0.3 is 6.09 Å². The van der Waals surface area contributed by atoms with Gasteiger partial charge in [-0.05, 0) is 31.5 Å². The van der Waals surface area contributed by atoms with E-state index in [0.29, 0.717) is 45.0 Å². The van der Waals surface area contributed by atoms with Crippen molar-refractivity contribution in [3.8, 4) is 0 Å². The summed E-state index contributed by atoms with van der Waals surface area (Å²) < 4.78 is 5.04. The molecule has 3 rings (SSSR count). The van der Waals surface area contributed by atoms with Crippen molar-refractivity contribution in [2.75, 3.05) is 37.7 Å². The van der Waals surface area contributed by atoms with Crippen LogP contribution in [0.15, 0.2) is 42.6 Å². The predicted molar refractivity (Wildman–Crippen MR) is 107 cm³/mol. The lowest BCUT2D eigenvalue weighted by atomic mass is 10.1. The van der Waals surface area contributed by atoms with E-state index in [1.165, 1.54) is 0 Å². The summed E-state index contributed by atoms with van der Waals surface area (Å²) in [7, 11) is 0. The van der Waals surface area contributed by atoms with Gasteiger partial charge in [-0.25, -0.2) is 9.78 Å². The Bertz CT molecular complexity index is 815. The first-order valence-electron chi connectivity index (χ1n) is 9.53. The van der Waals surface area contributed by atoms with E-state index >= 15 is 0 Å². The minimum Gasteiger partial charge on any atom is -0.450 e. The van der Waals surface area contributed by atoms with E-state index in [2.05, 4.69) is 15.2 Å². The lowest BCUT2D eigenvalue weighted by Gasteiger charge is -2.35. The number of nitrogens with one attached hydrogen (secondary N) is 1. The molecule has 28 heavy (non-hydrogen) atoms. The van der Waals surface area contributed by atoms with Crippen LogP contribution in [0.5, 0.6) is 0 Å². The van der Waals surface area contributed by atoms with Crippen LogP contribution in [0.1, 0.15) is 28.5 Å². The van der Waals surface area contributed by atoms with Gasteiger partial charge in [-0.15, -0.1) is 0 Å². The SMILES string of the molecule is CCOC(=O)N1CCN(c2ccc(C(=O)NCc3cccc(C)c3)nc2)CC1. The minimum atomic E-state index is -0.263. The molecule has 1 aliphatic rings. The first kappa shape index (κ1) is 19.7. The van der Waals surface area contributed by atoms with Crippen molar-refractivity contribution >= 4 is 17.7 Å². The second-order valence-corrected chi connectivity index (χ2v) is 6.75. The monoisotopic (exact) mass is 382 g/mol. The quantitative estimate of drug-likeness (QED) is 0.860. The van der Waals surface area contributed by atoms with Crippen molar-refractivity contribution in [1.82, 2.24) is 15.2 Å². The Morgan fingerprint density at radius 1 is 1.14 bits per heavy atom. The third kappa shape index (κ3) is 5.00. The van der Waals surface area contributed by atoms with E-state index in [9.17, 15) is 9.59 Å². The van der Waals surface area contributed by atoms with Crippen LogP contribution in [0.3, 0.4) is 0 Å². The summed E-state index contributed by atoms with van der Waals surface area (Å²) in [6.45, 7) is 7.32. The van der Waals surface area contributed by atoms with Gasteiger partial charge in [0.05, 0.1) is 18.5 Å². The number of nitrogens with zero attached hydrogens (tertiary/aromatic N) is 3. The standard InChI is InChI=1S/C21H26N4O3/c1-3-28-21(27)25-11-9-24(10-12-25)18-7-8-19(22-15-18)20(26)23-14-17-6-4-5-16(2)13-17/h4-8,13,15H,3,9-12,14H2,1-2H3,(H,23,26). The maximum atomic E-state index is 12.3. The predicted octanol–water partition coefficient (Wildman–Crippen LogP) is 2.60. The maximum absolute atomic E-state index is 12.3. The molecule has 1 aliphatic heterocycles. The number of hydrogen-bond donors (Lipinski definition) is 1. The van der Waals surface area contributed by atoms with Gasteiger partial charge in [0.25, 0.3) is 5.91 Å². The van der Waals surface area contributed by atoms with Gasteiger partial charge < -0.3 is 19.9 Å². The zero-order valence-corrected chi connectivity index (χ0v) is 16.4. The number of hydrogen-bond acceptors (Lipinski definition) is 5. The molecule has 0 bridgehead atoms. The topological polar surface area (TPSA) is 74.8 Å². The molecule has 1 aromatic heterocycles. The summed E-state index contributed by atoms with van der Waals surface area (Å²) in [6, 6.07) is 11.7. The van der Waals surface area contributed by atoms with Crippen LogP contribution in [0.2, 0.25) is 0 Å². The number of carbonyl (C=O) groups excluding carboxylic acids is 2. The van der Waals surface area contributed by atoms with Gasteiger partial charge in [0.1, 0.15) is 5.69 Å². The fourth-order valence-corrected chi connectivity index (χ4v) is 3.16. The third-order valence-corrected chi connectivity index (χ3v) is 4.69. The highest BCUT2D eigenvalue weighted by atomic mass is 16.6. The molecule has 0 saturated carbocycles. The summed E-state index contributed by atoms with van der Waals surface area (Å²) in [5.41, 5.74) is 3.56. The van der Waals surface area contributed by atoms with Crippen molar-refractivity contribution in [2.45, 2.75) is 20.4 Å². The second kappa shape index (κ2) is 9.21. The molecule has 0 aliphatic carbocycles. The molecule has 1 saturated heterocycles. The van der Waals surface area contributed by atoms with E-state index in [1.807, 2.05) is 37.3 Å². The average molecular weight is 382 g/mol. The molecule has 1 fully saturated rings. The third-order valence-electron chi connectivity index (χ3n) is 4.69. The highest BCUT2D eigenvalue weighted by molar-refractivity contribution is 5.92. The van der Waals surface area contributed by atoms with Crippen molar-refractivity contribution < 1.29 is 14.3 Å². The van der Waals surface area contributed by atoms with Gasteiger partial charge in [0.2, 0.25) is 0 Å². The van der Waals surface area contributed by atoms with E-state index in [-0.39, 0.29) is 12.0 Å². The Balaban J connectivity index is 1.52. The molecule has 2 aromatic rings. The number of rotatable bonds is 5. The number of aromatic nitrogens is 1. The lowest BCUT2D eigenvalue weighted by molar-refractivity contribution is 0.0945. The van der Waals surface area contributed by atoms with Crippen molar-refractivity contribution in [2.24, 2.45) is 0 Å². The summed E-state index contributed by atoms with van der Waals surface area (Å²) in [5, 5.41) is 2.90. The summed E-state index contributed by atoms with van der Waals surface area (Å²) in [5.74, 6) is -0.194. The van der Waals surface area contributed by atoms with Crippen molar-refractivity contribution in [3.05, 3.63) is 59.4 Å². The van der Waals surface area contributed by atoms with Gasteiger partial charge in [-0.2, -0.15) is 0 Å². The zero-order chi connectivity index (χ0) is 19.9. The molecule has 2 amide bonds. The molecular weight excluding hydrogens is 356 g/mol. The molecule has 1 aromatic carbocycles. The van der Waals surface area contributed by atoms with E-state index < -0.39 is 0 Å². The number of anilines is 1. The number of pyridine rings is 1. The number of ether oxygens (including phenoxy) is 1. The molecule has 0 radical (unpaired) electrons. The van der Waals surface area contributed by atoms with Gasteiger partial charge in [0.15, 0.2) is 0 Å². The number of benzene rings is 1. The fraction of sp³-hybridized carbons (Fsp3) is 0.381. The van der Waals surface area contributed by atoms with Crippen LogP contribution < -0.4 is 10.2 Å². The first-order chi connectivity index (χ1) is 13.6. The fourth-order valence-electron chi connectivity index (χ4n) is 3.16. The van der Waals surface area contributed by atoms with Crippen LogP contribution >= 0.6 is 0 Å². The minimum absolute atomic E-state index is 0.194. The molecule has 1 N–H and O–H groups in total. The Morgan fingerprint density at radius 3 is 2.57 bits per heavy atom. The molecule has 2 heterocycles. The van der Waals surface area contributed by atoms with Gasteiger partial charge in [-0.1, -0.05) is 29.8 Å². The number of piperazine rings is 1. The van der Waals surface area contributed by atoms with Crippen molar-refractivity contribution in [1.29, 1.82) is 0 Å². The summed E-state index contributed by atoms with van der Waals surface area (Å²) in [6.07, 6.45) is 1.45. The smallest absolute Gasteiger partial charge is 0.409 e. The van der Waals surface area contributed by atoms with Crippen LogP contribution in [0.25, 0.3) is 0 Å². The molecule has 7 nitrogen and oxygen atoms in total. The largest absolute Gasteiger partial charge is 0.450 e. The number of amides is 2. The number of aryl methyl sites for hydroxylation is 1. The zero-order valence-electron chi connectivity index (χ0n) is 16.4. The Labute approximate surface area is 165 Å². The first-order valence-corrected chi connectivity index (χ1v) is 9.53. The molecule has 0 atom stereocenters. The Morgan fingerprint density at radius 2 is 1.93 bits per heavy atom. The van der Waals surface area contributed by atoms with Crippen LogP contribution in [-0.4, -0.2) is 54.7 Å². The highest BCUT2D eigenvalue weighted by Gasteiger charge is 2.22. The molecule has 148 valence electrons.